The van der Waals surface area contributed by atoms with Gasteiger partial charge in [0.15, 0.2) is 6.61 Å². The summed E-state index contributed by atoms with van der Waals surface area (Å²) in [5.41, 5.74) is 1.84. The standard InChI is InChI=1S/C25H24N2O6S/c28-20-14-23(25(30)33-16-24(29)26-12-11-18-6-3-4-8-22(18)26)27(15-20)34(31,32)21-10-9-17-5-1-2-7-19(17)13-21/h1-10,13,20,23,28H,11-12,14-16H2/t20-,23+/m0/s1. The van der Waals surface area contributed by atoms with Crippen LogP contribution in [0.1, 0.15) is 12.0 Å². The van der Waals surface area contributed by atoms with Gasteiger partial charge in [0, 0.05) is 25.2 Å². The van der Waals surface area contributed by atoms with Gasteiger partial charge in [-0.3, -0.25) is 9.59 Å². The lowest BCUT2D eigenvalue weighted by molar-refractivity contribution is -0.151. The molecule has 1 amide bonds. The van der Waals surface area contributed by atoms with Crippen LogP contribution in [0.4, 0.5) is 5.69 Å². The fourth-order valence-corrected chi connectivity index (χ4v) is 6.29. The molecule has 2 atom stereocenters. The Labute approximate surface area is 197 Å². The van der Waals surface area contributed by atoms with Gasteiger partial charge in [-0.25, -0.2) is 8.42 Å². The molecule has 2 aliphatic heterocycles. The van der Waals surface area contributed by atoms with E-state index in [1.807, 2.05) is 42.5 Å². The largest absolute Gasteiger partial charge is 0.454 e. The summed E-state index contributed by atoms with van der Waals surface area (Å²) < 4.78 is 32.9. The highest BCUT2D eigenvalue weighted by Gasteiger charge is 2.44. The molecule has 1 saturated heterocycles. The first kappa shape index (κ1) is 22.5. The number of carbonyl (C=O) groups excluding carboxylic acids is 2. The Morgan fingerprint density at radius 1 is 1.00 bits per heavy atom. The molecule has 2 heterocycles. The molecule has 176 valence electrons. The molecule has 0 saturated carbocycles. The summed E-state index contributed by atoms with van der Waals surface area (Å²) in [6.45, 7) is -0.216. The number of ether oxygens (including phenoxy) is 1. The predicted octanol–water partition coefficient (Wildman–Crippen LogP) is 2.10. The Morgan fingerprint density at radius 2 is 1.74 bits per heavy atom. The number of hydrogen-bond donors (Lipinski definition) is 1. The molecule has 0 spiro atoms. The van der Waals surface area contributed by atoms with E-state index >= 15 is 0 Å². The average molecular weight is 481 g/mol. The van der Waals surface area contributed by atoms with Crippen LogP contribution < -0.4 is 4.90 Å². The number of hydrogen-bond acceptors (Lipinski definition) is 6. The summed E-state index contributed by atoms with van der Waals surface area (Å²) in [5, 5.41) is 11.8. The van der Waals surface area contributed by atoms with Crippen LogP contribution in [0.3, 0.4) is 0 Å². The van der Waals surface area contributed by atoms with Crippen molar-refractivity contribution in [3.8, 4) is 0 Å². The van der Waals surface area contributed by atoms with Gasteiger partial charge in [-0.1, -0.05) is 48.5 Å². The molecule has 9 heteroatoms. The number of nitrogens with zero attached hydrogens (tertiary/aromatic N) is 2. The Kier molecular flexibility index (Phi) is 5.85. The van der Waals surface area contributed by atoms with Gasteiger partial charge >= 0.3 is 5.97 Å². The Morgan fingerprint density at radius 3 is 2.56 bits per heavy atom. The van der Waals surface area contributed by atoms with Crippen LogP contribution in [0, 0.1) is 0 Å². The van der Waals surface area contributed by atoms with Crippen LogP contribution in [0.5, 0.6) is 0 Å². The molecule has 34 heavy (non-hydrogen) atoms. The number of amides is 1. The lowest BCUT2D eigenvalue weighted by atomic mass is 10.1. The molecule has 3 aromatic carbocycles. The molecule has 8 nitrogen and oxygen atoms in total. The predicted molar refractivity (Wildman–Crippen MR) is 126 cm³/mol. The number of rotatable bonds is 5. The monoisotopic (exact) mass is 480 g/mol. The topological polar surface area (TPSA) is 104 Å². The van der Waals surface area contributed by atoms with Gasteiger partial charge < -0.3 is 14.7 Å². The van der Waals surface area contributed by atoms with Crippen molar-refractivity contribution in [3.05, 3.63) is 72.3 Å². The lowest BCUT2D eigenvalue weighted by Crippen LogP contribution is -2.42. The number of anilines is 1. The molecule has 0 aliphatic carbocycles. The summed E-state index contributed by atoms with van der Waals surface area (Å²) in [5.74, 6) is -1.22. The van der Waals surface area contributed by atoms with Crippen molar-refractivity contribution in [3.63, 3.8) is 0 Å². The van der Waals surface area contributed by atoms with Gasteiger partial charge in [-0.15, -0.1) is 0 Å². The molecule has 5 rings (SSSR count). The Bertz CT molecular complexity index is 1370. The van der Waals surface area contributed by atoms with Crippen molar-refractivity contribution in [2.75, 3.05) is 24.6 Å². The number of aliphatic hydroxyl groups is 1. The number of fused-ring (bicyclic) bond motifs is 2. The number of carbonyl (C=O) groups is 2. The number of β-amino-alcohol motifs (C(OH)–C–C–N with tert-alkyl or cyclic N) is 1. The molecule has 0 unspecified atom stereocenters. The maximum atomic E-state index is 13.4. The van der Waals surface area contributed by atoms with Crippen LogP contribution in [0.15, 0.2) is 71.6 Å². The molecule has 1 N–H and O–H groups in total. The minimum atomic E-state index is -4.07. The van der Waals surface area contributed by atoms with Crippen molar-refractivity contribution >= 4 is 38.4 Å². The Hall–Kier alpha value is -3.27. The third-order valence-corrected chi connectivity index (χ3v) is 8.23. The van der Waals surface area contributed by atoms with Gasteiger partial charge in [-0.05, 0) is 41.0 Å². The summed E-state index contributed by atoms with van der Waals surface area (Å²) in [4.78, 5) is 27.1. The molecule has 0 aromatic heterocycles. The number of aliphatic hydroxyl groups excluding tert-OH is 1. The zero-order valence-electron chi connectivity index (χ0n) is 18.3. The van der Waals surface area contributed by atoms with Crippen LogP contribution in [0.25, 0.3) is 10.8 Å². The SMILES string of the molecule is O=C(OCC(=O)N1CCc2ccccc21)[C@H]1C[C@H](O)CN1S(=O)(=O)c1ccc2ccccc2c1. The van der Waals surface area contributed by atoms with Crippen molar-refractivity contribution in [2.24, 2.45) is 0 Å². The highest BCUT2D eigenvalue weighted by Crippen LogP contribution is 2.30. The minimum absolute atomic E-state index is 0.0304. The zero-order valence-corrected chi connectivity index (χ0v) is 19.1. The van der Waals surface area contributed by atoms with E-state index in [1.54, 1.807) is 23.1 Å². The van der Waals surface area contributed by atoms with Gasteiger partial charge in [0.05, 0.1) is 11.0 Å². The van der Waals surface area contributed by atoms with E-state index in [-0.39, 0.29) is 23.8 Å². The quantitative estimate of drug-likeness (QED) is 0.561. The van der Waals surface area contributed by atoms with Crippen LogP contribution in [-0.4, -0.2) is 61.5 Å². The van der Waals surface area contributed by atoms with E-state index in [9.17, 15) is 23.1 Å². The van der Waals surface area contributed by atoms with Gasteiger partial charge in [0.2, 0.25) is 10.0 Å². The summed E-state index contributed by atoms with van der Waals surface area (Å²) >= 11 is 0. The van der Waals surface area contributed by atoms with Crippen molar-refractivity contribution in [1.82, 2.24) is 4.31 Å². The average Bonchev–Trinajstić information content (AvgIpc) is 3.46. The fraction of sp³-hybridized carbons (Fsp3) is 0.280. The van der Waals surface area contributed by atoms with Crippen LogP contribution >= 0.6 is 0 Å². The molecule has 0 bridgehead atoms. The fourth-order valence-electron chi connectivity index (χ4n) is 4.63. The van der Waals surface area contributed by atoms with E-state index in [1.165, 1.54) is 6.07 Å². The van der Waals surface area contributed by atoms with E-state index in [0.717, 1.165) is 32.7 Å². The zero-order chi connectivity index (χ0) is 23.9. The molecule has 0 radical (unpaired) electrons. The Balaban J connectivity index is 1.31. The van der Waals surface area contributed by atoms with Crippen molar-refractivity contribution in [2.45, 2.75) is 29.9 Å². The number of esters is 1. The maximum absolute atomic E-state index is 13.4. The third-order valence-electron chi connectivity index (χ3n) is 6.36. The van der Waals surface area contributed by atoms with E-state index in [4.69, 9.17) is 4.74 Å². The normalized spacial score (nSPS) is 20.4. The summed E-state index contributed by atoms with van der Waals surface area (Å²) in [6.07, 6.45) is -0.372. The highest BCUT2D eigenvalue weighted by molar-refractivity contribution is 7.89. The van der Waals surface area contributed by atoms with E-state index in [0.29, 0.717) is 6.54 Å². The first-order valence-electron chi connectivity index (χ1n) is 11.1. The second-order valence-corrected chi connectivity index (χ2v) is 10.4. The van der Waals surface area contributed by atoms with Gasteiger partial charge in [-0.2, -0.15) is 4.31 Å². The molecule has 1 fully saturated rings. The molecule has 3 aromatic rings. The molecular weight excluding hydrogens is 456 g/mol. The molecule has 2 aliphatic rings. The third kappa shape index (κ3) is 4.06. The molecular formula is C25H24N2O6S. The second kappa shape index (κ2) is 8.83. The number of benzene rings is 3. The minimum Gasteiger partial charge on any atom is -0.454 e. The van der Waals surface area contributed by atoms with Crippen molar-refractivity contribution < 1.29 is 27.9 Å². The second-order valence-electron chi connectivity index (χ2n) is 8.52. The highest BCUT2D eigenvalue weighted by atomic mass is 32.2. The lowest BCUT2D eigenvalue weighted by Gasteiger charge is -2.23. The van der Waals surface area contributed by atoms with Crippen LogP contribution in [0.2, 0.25) is 0 Å². The van der Waals surface area contributed by atoms with Gasteiger partial charge in [0.1, 0.15) is 6.04 Å². The van der Waals surface area contributed by atoms with Crippen LogP contribution in [-0.2, 0) is 30.8 Å². The number of sulfonamides is 1. The van der Waals surface area contributed by atoms with Crippen molar-refractivity contribution in [1.29, 1.82) is 0 Å². The first-order valence-corrected chi connectivity index (χ1v) is 12.5. The summed E-state index contributed by atoms with van der Waals surface area (Å²) in [7, 11) is -4.07. The van der Waals surface area contributed by atoms with Gasteiger partial charge in [0.25, 0.3) is 5.91 Å². The maximum Gasteiger partial charge on any atom is 0.325 e. The smallest absolute Gasteiger partial charge is 0.325 e. The number of para-hydroxylation sites is 1. The first-order chi connectivity index (χ1) is 16.3. The summed E-state index contributed by atoms with van der Waals surface area (Å²) in [6, 6.07) is 18.4. The van der Waals surface area contributed by atoms with E-state index in [2.05, 4.69) is 0 Å². The van der Waals surface area contributed by atoms with E-state index < -0.39 is 34.7 Å².